The first-order valence-corrected chi connectivity index (χ1v) is 7.13. The molecule has 2 heterocycles. The summed E-state index contributed by atoms with van der Waals surface area (Å²) in [5, 5.41) is 3.73. The number of halogens is 1. The van der Waals surface area contributed by atoms with Crippen molar-refractivity contribution >= 4 is 22.9 Å². The Labute approximate surface area is 120 Å². The van der Waals surface area contributed by atoms with E-state index in [-0.39, 0.29) is 0 Å². The highest BCUT2D eigenvalue weighted by molar-refractivity contribution is 7.13. The first kappa shape index (κ1) is 12.3. The molecule has 0 N–H and O–H groups in total. The van der Waals surface area contributed by atoms with Gasteiger partial charge in [0.1, 0.15) is 5.01 Å². The topological polar surface area (TPSA) is 25.8 Å². The smallest absolute Gasteiger partial charge is 0.125 e. The fourth-order valence-corrected chi connectivity index (χ4v) is 3.01. The van der Waals surface area contributed by atoms with Gasteiger partial charge in [0.15, 0.2) is 0 Å². The lowest BCUT2D eigenvalue weighted by Crippen LogP contribution is -1.84. The molecule has 19 heavy (non-hydrogen) atoms. The van der Waals surface area contributed by atoms with E-state index < -0.39 is 0 Å². The molecule has 0 aliphatic heterocycles. The Morgan fingerprint density at radius 1 is 1.11 bits per heavy atom. The summed E-state index contributed by atoms with van der Waals surface area (Å²) in [5.41, 5.74) is 4.13. The van der Waals surface area contributed by atoms with Crippen LogP contribution in [0.5, 0.6) is 0 Å². The highest BCUT2D eigenvalue weighted by atomic mass is 35.5. The minimum atomic E-state index is 0.724. The first-order valence-electron chi connectivity index (χ1n) is 5.87. The van der Waals surface area contributed by atoms with Crippen LogP contribution in [0.3, 0.4) is 0 Å². The average molecular weight is 287 g/mol. The van der Waals surface area contributed by atoms with Crippen LogP contribution >= 0.6 is 22.9 Å². The van der Waals surface area contributed by atoms with Crippen LogP contribution in [-0.2, 0) is 0 Å². The molecule has 0 fully saturated rings. The summed E-state index contributed by atoms with van der Waals surface area (Å²) in [5.74, 6) is 0. The summed E-state index contributed by atoms with van der Waals surface area (Å²) in [7, 11) is 0. The molecule has 3 rings (SSSR count). The number of nitrogens with zero attached hydrogens (tertiary/aromatic N) is 2. The van der Waals surface area contributed by atoms with E-state index in [1.54, 1.807) is 17.5 Å². The van der Waals surface area contributed by atoms with Crippen LogP contribution < -0.4 is 0 Å². The molecule has 2 aromatic heterocycles. The maximum absolute atomic E-state index is 6.20. The SMILES string of the molecule is Cc1ccncc1-c1nc(-c2ccccc2Cl)cs1. The summed E-state index contributed by atoms with van der Waals surface area (Å²) in [6.45, 7) is 2.06. The van der Waals surface area contributed by atoms with E-state index in [0.29, 0.717) is 0 Å². The summed E-state index contributed by atoms with van der Waals surface area (Å²) in [6.07, 6.45) is 3.64. The van der Waals surface area contributed by atoms with Gasteiger partial charge in [-0.2, -0.15) is 0 Å². The molecule has 0 amide bonds. The van der Waals surface area contributed by atoms with Crippen LogP contribution in [-0.4, -0.2) is 9.97 Å². The van der Waals surface area contributed by atoms with Crippen molar-refractivity contribution in [3.8, 4) is 21.8 Å². The Kier molecular flexibility index (Phi) is 3.32. The lowest BCUT2D eigenvalue weighted by molar-refractivity contribution is 1.27. The second-order valence-corrected chi connectivity index (χ2v) is 5.47. The zero-order chi connectivity index (χ0) is 13.2. The molecule has 0 atom stereocenters. The molecule has 94 valence electrons. The molecular formula is C15H11ClN2S. The van der Waals surface area contributed by atoms with Crippen molar-refractivity contribution in [2.75, 3.05) is 0 Å². The fourth-order valence-electron chi connectivity index (χ4n) is 1.88. The number of rotatable bonds is 2. The van der Waals surface area contributed by atoms with E-state index in [0.717, 1.165) is 26.9 Å². The van der Waals surface area contributed by atoms with Crippen molar-refractivity contribution in [1.29, 1.82) is 0 Å². The molecule has 0 bridgehead atoms. The van der Waals surface area contributed by atoms with Crippen LogP contribution in [0, 0.1) is 6.92 Å². The van der Waals surface area contributed by atoms with Gasteiger partial charge in [-0.1, -0.05) is 29.8 Å². The van der Waals surface area contributed by atoms with Gasteiger partial charge in [-0.05, 0) is 24.6 Å². The van der Waals surface area contributed by atoms with Crippen LogP contribution in [0.4, 0.5) is 0 Å². The van der Waals surface area contributed by atoms with Crippen LogP contribution in [0.25, 0.3) is 21.8 Å². The summed E-state index contributed by atoms with van der Waals surface area (Å²) in [4.78, 5) is 8.83. The maximum atomic E-state index is 6.20. The average Bonchev–Trinajstić information content (AvgIpc) is 2.89. The van der Waals surface area contributed by atoms with Crippen molar-refractivity contribution in [3.63, 3.8) is 0 Å². The number of benzene rings is 1. The van der Waals surface area contributed by atoms with E-state index in [2.05, 4.69) is 16.9 Å². The quantitative estimate of drug-likeness (QED) is 0.674. The highest BCUT2D eigenvalue weighted by Crippen LogP contribution is 2.33. The fraction of sp³-hybridized carbons (Fsp3) is 0.0667. The molecule has 4 heteroatoms. The van der Waals surface area contributed by atoms with Gasteiger partial charge in [-0.25, -0.2) is 4.98 Å². The molecule has 2 nitrogen and oxygen atoms in total. The van der Waals surface area contributed by atoms with Gasteiger partial charge in [0.25, 0.3) is 0 Å². The van der Waals surface area contributed by atoms with Gasteiger partial charge in [-0.3, -0.25) is 4.98 Å². The number of hydrogen-bond acceptors (Lipinski definition) is 3. The molecular weight excluding hydrogens is 276 g/mol. The second kappa shape index (κ2) is 5.11. The minimum Gasteiger partial charge on any atom is -0.264 e. The second-order valence-electron chi connectivity index (χ2n) is 4.21. The van der Waals surface area contributed by atoms with Gasteiger partial charge in [0.05, 0.1) is 5.69 Å². The van der Waals surface area contributed by atoms with Gasteiger partial charge < -0.3 is 0 Å². The molecule has 0 spiro atoms. The Balaban J connectivity index is 2.06. The van der Waals surface area contributed by atoms with Crippen molar-refractivity contribution in [2.24, 2.45) is 0 Å². The number of hydrogen-bond donors (Lipinski definition) is 0. The number of pyridine rings is 1. The third-order valence-corrected chi connectivity index (χ3v) is 4.13. The Bertz CT molecular complexity index is 661. The molecule has 0 saturated heterocycles. The Morgan fingerprint density at radius 2 is 1.95 bits per heavy atom. The third-order valence-electron chi connectivity index (χ3n) is 2.92. The van der Waals surface area contributed by atoms with E-state index in [9.17, 15) is 0 Å². The van der Waals surface area contributed by atoms with E-state index in [4.69, 9.17) is 11.6 Å². The number of aryl methyl sites for hydroxylation is 1. The molecule has 0 saturated carbocycles. The zero-order valence-corrected chi connectivity index (χ0v) is 11.9. The molecule has 0 unspecified atom stereocenters. The molecule has 0 aliphatic carbocycles. The van der Waals surface area contributed by atoms with Gasteiger partial charge >= 0.3 is 0 Å². The van der Waals surface area contributed by atoms with Crippen molar-refractivity contribution in [2.45, 2.75) is 6.92 Å². The summed E-state index contributed by atoms with van der Waals surface area (Å²) < 4.78 is 0. The van der Waals surface area contributed by atoms with E-state index in [1.807, 2.05) is 41.9 Å². The lowest BCUT2D eigenvalue weighted by Gasteiger charge is -2.01. The predicted molar refractivity (Wildman–Crippen MR) is 80.5 cm³/mol. The Morgan fingerprint density at radius 3 is 2.74 bits per heavy atom. The van der Waals surface area contributed by atoms with Crippen molar-refractivity contribution in [1.82, 2.24) is 9.97 Å². The molecule has 3 aromatic rings. The van der Waals surface area contributed by atoms with Gasteiger partial charge in [0.2, 0.25) is 0 Å². The monoisotopic (exact) mass is 286 g/mol. The third kappa shape index (κ3) is 2.39. The summed E-state index contributed by atoms with van der Waals surface area (Å²) in [6, 6.07) is 9.74. The first-order chi connectivity index (χ1) is 9.25. The number of aromatic nitrogens is 2. The highest BCUT2D eigenvalue weighted by Gasteiger charge is 2.10. The zero-order valence-electron chi connectivity index (χ0n) is 10.3. The van der Waals surface area contributed by atoms with Crippen molar-refractivity contribution < 1.29 is 0 Å². The van der Waals surface area contributed by atoms with E-state index in [1.165, 1.54) is 5.56 Å². The van der Waals surface area contributed by atoms with Crippen LogP contribution in [0.15, 0.2) is 48.1 Å². The minimum absolute atomic E-state index is 0.724. The molecule has 1 aromatic carbocycles. The summed E-state index contributed by atoms with van der Waals surface area (Å²) >= 11 is 7.81. The van der Waals surface area contributed by atoms with E-state index >= 15 is 0 Å². The normalized spacial score (nSPS) is 10.6. The van der Waals surface area contributed by atoms with Crippen molar-refractivity contribution in [3.05, 3.63) is 58.7 Å². The Hall–Kier alpha value is -1.71. The largest absolute Gasteiger partial charge is 0.264 e. The van der Waals surface area contributed by atoms with Crippen LogP contribution in [0.1, 0.15) is 5.56 Å². The molecule has 0 aliphatic rings. The standard InChI is InChI=1S/C15H11ClN2S/c1-10-6-7-17-8-12(10)15-18-14(9-19-15)11-4-2-3-5-13(11)16/h2-9H,1H3. The molecule has 0 radical (unpaired) electrons. The lowest BCUT2D eigenvalue weighted by atomic mass is 10.1. The van der Waals surface area contributed by atoms with Gasteiger partial charge in [-0.15, -0.1) is 11.3 Å². The van der Waals surface area contributed by atoms with Crippen LogP contribution in [0.2, 0.25) is 5.02 Å². The maximum Gasteiger partial charge on any atom is 0.125 e. The predicted octanol–water partition coefficient (Wildman–Crippen LogP) is 4.83. The number of thiazole rings is 1. The van der Waals surface area contributed by atoms with Gasteiger partial charge in [0, 0.05) is 33.9 Å².